The van der Waals surface area contributed by atoms with Gasteiger partial charge in [-0.1, -0.05) is 19.1 Å². The third-order valence-electron chi connectivity index (χ3n) is 4.34. The van der Waals surface area contributed by atoms with Crippen LogP contribution in [0.15, 0.2) is 24.3 Å². The van der Waals surface area contributed by atoms with Gasteiger partial charge in [0.05, 0.1) is 18.2 Å². The predicted octanol–water partition coefficient (Wildman–Crippen LogP) is 2.37. The lowest BCUT2D eigenvalue weighted by molar-refractivity contribution is -0.0470. The van der Waals surface area contributed by atoms with E-state index in [1.54, 1.807) is 0 Å². The van der Waals surface area contributed by atoms with Gasteiger partial charge in [-0.05, 0) is 24.6 Å². The van der Waals surface area contributed by atoms with Crippen LogP contribution in [-0.2, 0) is 11.2 Å². The molecule has 1 saturated heterocycles. The highest BCUT2D eigenvalue weighted by atomic mass is 16.5. The zero-order valence-electron chi connectivity index (χ0n) is 13.5. The molecule has 2 atom stereocenters. The molecule has 6 nitrogen and oxygen atoms in total. The van der Waals surface area contributed by atoms with Gasteiger partial charge in [-0.15, -0.1) is 0 Å². The average molecular weight is 311 g/mol. The maximum Gasteiger partial charge on any atom is 0.180 e. The molecule has 6 heteroatoms. The number of hydrogen-bond acceptors (Lipinski definition) is 5. The molecule has 0 saturated carbocycles. The van der Waals surface area contributed by atoms with E-state index in [1.807, 2.05) is 31.2 Å². The minimum Gasteiger partial charge on any atom is -0.367 e. The Morgan fingerprint density at radius 2 is 2.22 bits per heavy atom. The van der Waals surface area contributed by atoms with E-state index in [1.165, 1.54) is 5.56 Å². The van der Waals surface area contributed by atoms with Crippen molar-refractivity contribution >= 4 is 0 Å². The summed E-state index contributed by atoms with van der Waals surface area (Å²) in [5.41, 5.74) is 1.89. The fourth-order valence-corrected chi connectivity index (χ4v) is 2.84. The summed E-state index contributed by atoms with van der Waals surface area (Å²) in [5, 5.41) is 16.1. The van der Waals surface area contributed by atoms with Crippen molar-refractivity contribution in [1.29, 1.82) is 5.26 Å². The second-order valence-electron chi connectivity index (χ2n) is 5.76. The fraction of sp³-hybridized carbons (Fsp3) is 0.471. The number of aromatic nitrogens is 3. The maximum atomic E-state index is 8.91. The van der Waals surface area contributed by atoms with Crippen molar-refractivity contribution in [3.05, 3.63) is 47.0 Å². The van der Waals surface area contributed by atoms with Crippen molar-refractivity contribution in [2.75, 3.05) is 19.7 Å². The third kappa shape index (κ3) is 3.41. The second-order valence-corrected chi connectivity index (χ2v) is 5.76. The van der Waals surface area contributed by atoms with Crippen LogP contribution in [-0.4, -0.2) is 39.8 Å². The van der Waals surface area contributed by atoms with Crippen molar-refractivity contribution in [3.8, 4) is 6.07 Å². The van der Waals surface area contributed by atoms with E-state index in [2.05, 4.69) is 33.1 Å². The molecular weight excluding hydrogens is 290 g/mol. The largest absolute Gasteiger partial charge is 0.367 e. The van der Waals surface area contributed by atoms with Crippen LogP contribution in [0.1, 0.15) is 48.8 Å². The van der Waals surface area contributed by atoms with Crippen molar-refractivity contribution in [3.63, 3.8) is 0 Å². The van der Waals surface area contributed by atoms with E-state index < -0.39 is 0 Å². The molecule has 2 aromatic rings. The van der Waals surface area contributed by atoms with Crippen LogP contribution in [0.4, 0.5) is 0 Å². The molecular formula is C17H21N5O. The van der Waals surface area contributed by atoms with E-state index >= 15 is 0 Å². The van der Waals surface area contributed by atoms with E-state index in [0.29, 0.717) is 12.2 Å². The molecule has 1 aliphatic rings. The first kappa shape index (κ1) is 15.7. The molecule has 1 fully saturated rings. The molecule has 0 radical (unpaired) electrons. The van der Waals surface area contributed by atoms with Gasteiger partial charge in [0.25, 0.3) is 0 Å². The van der Waals surface area contributed by atoms with E-state index in [9.17, 15) is 0 Å². The molecule has 0 amide bonds. The van der Waals surface area contributed by atoms with Crippen molar-refractivity contribution in [2.45, 2.75) is 32.4 Å². The number of rotatable bonds is 4. The Morgan fingerprint density at radius 1 is 1.43 bits per heavy atom. The highest BCUT2D eigenvalue weighted by molar-refractivity contribution is 5.32. The van der Waals surface area contributed by atoms with Crippen LogP contribution in [0.25, 0.3) is 0 Å². The summed E-state index contributed by atoms with van der Waals surface area (Å²) in [5.74, 6) is 1.62. The number of morpholine rings is 1. The smallest absolute Gasteiger partial charge is 0.180 e. The monoisotopic (exact) mass is 311 g/mol. The SMILES string of the molecule is CCc1nc(C2CN(C(C)c3ccc(C#N)cc3)CCO2)n[nH]1. The van der Waals surface area contributed by atoms with Crippen molar-refractivity contribution < 1.29 is 4.74 Å². The lowest BCUT2D eigenvalue weighted by Crippen LogP contribution is -2.40. The molecule has 1 aromatic carbocycles. The van der Waals surface area contributed by atoms with Crippen LogP contribution in [0.2, 0.25) is 0 Å². The summed E-state index contributed by atoms with van der Waals surface area (Å²) in [4.78, 5) is 6.86. The van der Waals surface area contributed by atoms with E-state index in [-0.39, 0.29) is 12.1 Å². The molecule has 3 rings (SSSR count). The first-order valence-corrected chi connectivity index (χ1v) is 7.98. The standard InChI is InChI=1S/C17H21N5O/c1-3-16-19-17(21-20-16)15-11-22(8-9-23-15)12(2)14-6-4-13(10-18)5-7-14/h4-7,12,15H,3,8-9,11H2,1-2H3,(H,19,20,21). The average Bonchev–Trinajstić information content (AvgIpc) is 3.10. The zero-order valence-corrected chi connectivity index (χ0v) is 13.5. The molecule has 120 valence electrons. The summed E-state index contributed by atoms with van der Waals surface area (Å²) < 4.78 is 5.84. The summed E-state index contributed by atoms with van der Waals surface area (Å²) in [6.07, 6.45) is 0.742. The van der Waals surface area contributed by atoms with Crippen LogP contribution in [0.3, 0.4) is 0 Å². The van der Waals surface area contributed by atoms with Gasteiger partial charge >= 0.3 is 0 Å². The van der Waals surface area contributed by atoms with Gasteiger partial charge < -0.3 is 4.74 Å². The first-order chi connectivity index (χ1) is 11.2. The Bertz CT molecular complexity index is 688. The lowest BCUT2D eigenvalue weighted by Gasteiger charge is -2.36. The fourth-order valence-electron chi connectivity index (χ4n) is 2.84. The highest BCUT2D eigenvalue weighted by Gasteiger charge is 2.28. The minimum absolute atomic E-state index is 0.0962. The number of H-pyrrole nitrogens is 1. The number of aromatic amines is 1. The molecule has 0 spiro atoms. The number of ether oxygens (including phenoxy) is 1. The van der Waals surface area contributed by atoms with Gasteiger partial charge in [-0.3, -0.25) is 10.00 Å². The summed E-state index contributed by atoms with van der Waals surface area (Å²) in [6.45, 7) is 6.54. The van der Waals surface area contributed by atoms with E-state index in [0.717, 1.165) is 31.2 Å². The Hall–Kier alpha value is -2.23. The highest BCUT2D eigenvalue weighted by Crippen LogP contribution is 2.27. The molecule has 1 aliphatic heterocycles. The number of nitrogens with one attached hydrogen (secondary N) is 1. The van der Waals surface area contributed by atoms with Crippen LogP contribution < -0.4 is 0 Å². The van der Waals surface area contributed by atoms with Gasteiger partial charge in [-0.25, -0.2) is 4.98 Å². The number of nitrogens with zero attached hydrogens (tertiary/aromatic N) is 4. The van der Waals surface area contributed by atoms with Gasteiger partial charge in [-0.2, -0.15) is 10.4 Å². The normalized spacial score (nSPS) is 20.1. The summed E-state index contributed by atoms with van der Waals surface area (Å²) >= 11 is 0. The zero-order chi connectivity index (χ0) is 16.2. The molecule has 1 N–H and O–H groups in total. The number of hydrogen-bond donors (Lipinski definition) is 1. The Balaban J connectivity index is 1.70. The van der Waals surface area contributed by atoms with Gasteiger partial charge in [0.2, 0.25) is 0 Å². The molecule has 0 bridgehead atoms. The topological polar surface area (TPSA) is 77.8 Å². The van der Waals surface area contributed by atoms with Crippen molar-refractivity contribution in [2.24, 2.45) is 0 Å². The maximum absolute atomic E-state index is 8.91. The van der Waals surface area contributed by atoms with Gasteiger partial charge in [0.1, 0.15) is 11.9 Å². The van der Waals surface area contributed by atoms with Crippen LogP contribution in [0, 0.1) is 11.3 Å². The van der Waals surface area contributed by atoms with Crippen LogP contribution in [0.5, 0.6) is 0 Å². The number of aryl methyl sites for hydroxylation is 1. The molecule has 2 heterocycles. The third-order valence-corrected chi connectivity index (χ3v) is 4.34. The van der Waals surface area contributed by atoms with Crippen LogP contribution >= 0.6 is 0 Å². The quantitative estimate of drug-likeness (QED) is 0.938. The molecule has 0 aliphatic carbocycles. The van der Waals surface area contributed by atoms with Gasteiger partial charge in [0, 0.05) is 25.6 Å². The Labute approximate surface area is 136 Å². The summed E-state index contributed by atoms with van der Waals surface area (Å²) in [6, 6.07) is 10.2. The molecule has 1 aromatic heterocycles. The second kappa shape index (κ2) is 6.90. The van der Waals surface area contributed by atoms with Gasteiger partial charge in [0.15, 0.2) is 5.82 Å². The Kier molecular flexibility index (Phi) is 4.70. The number of nitriles is 1. The molecule has 23 heavy (non-hydrogen) atoms. The minimum atomic E-state index is -0.0962. The van der Waals surface area contributed by atoms with Crippen molar-refractivity contribution in [1.82, 2.24) is 20.1 Å². The first-order valence-electron chi connectivity index (χ1n) is 7.98. The molecule has 2 unspecified atom stereocenters. The predicted molar refractivity (Wildman–Crippen MR) is 85.6 cm³/mol. The number of benzene rings is 1. The lowest BCUT2D eigenvalue weighted by atomic mass is 10.0. The van der Waals surface area contributed by atoms with E-state index in [4.69, 9.17) is 10.00 Å². The summed E-state index contributed by atoms with van der Waals surface area (Å²) in [7, 11) is 0. The Morgan fingerprint density at radius 3 is 2.87 bits per heavy atom.